The van der Waals surface area contributed by atoms with Gasteiger partial charge >= 0.3 is 0 Å². The lowest BCUT2D eigenvalue weighted by Gasteiger charge is -2.23. The quantitative estimate of drug-likeness (QED) is 0.746. The van der Waals surface area contributed by atoms with Crippen molar-refractivity contribution in [1.29, 1.82) is 0 Å². The molecule has 4 nitrogen and oxygen atoms in total. The summed E-state index contributed by atoms with van der Waals surface area (Å²) in [7, 11) is -5.13. The van der Waals surface area contributed by atoms with Gasteiger partial charge in [-0.25, -0.2) is 4.21 Å². The van der Waals surface area contributed by atoms with Crippen molar-refractivity contribution in [3.8, 4) is 0 Å². The van der Waals surface area contributed by atoms with Gasteiger partial charge < -0.3 is 9.11 Å². The molecule has 2 N–H and O–H groups in total. The fraction of sp³-hybridized carbons (Fsp3) is 0.222. The van der Waals surface area contributed by atoms with Gasteiger partial charge in [-0.2, -0.15) is 0 Å². The van der Waals surface area contributed by atoms with Crippen LogP contribution in [0.3, 0.4) is 0 Å². The Morgan fingerprint density at radius 1 is 1.36 bits per heavy atom. The van der Waals surface area contributed by atoms with E-state index in [2.05, 4.69) is 0 Å². The summed E-state index contributed by atoms with van der Waals surface area (Å²) >= 11 is 0. The average molecular weight is 216 g/mol. The van der Waals surface area contributed by atoms with Gasteiger partial charge in [0.25, 0.3) is 5.12 Å². The molecular weight excluding hydrogens is 204 g/mol. The number of hydrogen-bond acceptors (Lipinski definition) is 2. The fourth-order valence-corrected chi connectivity index (χ4v) is 1.71. The first kappa shape index (κ1) is 11.0. The van der Waals surface area contributed by atoms with E-state index < -0.39 is 14.7 Å². The van der Waals surface area contributed by atoms with Crippen LogP contribution in [0, 0.1) is 6.92 Å². The van der Waals surface area contributed by atoms with Crippen molar-refractivity contribution in [2.45, 2.75) is 6.92 Å². The standard InChI is InChI=1S/C9H12O4S/c1-7-4-3-5-8(6-7)9(10)14(2,11,12)13/h3-6H,1-2H3,(H2,11,12,13). The number of benzene rings is 1. The van der Waals surface area contributed by atoms with Crippen LogP contribution >= 0.6 is 0 Å². The molecule has 5 heteroatoms. The molecule has 0 saturated heterocycles. The van der Waals surface area contributed by atoms with Crippen LogP contribution in [0.5, 0.6) is 0 Å². The Balaban J connectivity index is 3.22. The summed E-state index contributed by atoms with van der Waals surface area (Å²) in [5, 5.41) is -1.15. The molecule has 0 aliphatic heterocycles. The summed E-state index contributed by atoms with van der Waals surface area (Å²) in [6.45, 7) is 1.75. The molecule has 0 unspecified atom stereocenters. The van der Waals surface area contributed by atoms with Crippen molar-refractivity contribution < 1.29 is 18.1 Å². The Morgan fingerprint density at radius 3 is 2.36 bits per heavy atom. The lowest BCUT2D eigenvalue weighted by molar-refractivity contribution is 0.104. The van der Waals surface area contributed by atoms with E-state index in [-0.39, 0.29) is 5.56 Å². The first-order chi connectivity index (χ1) is 6.17. The van der Waals surface area contributed by atoms with Gasteiger partial charge in [-0.15, -0.1) is 0 Å². The van der Waals surface area contributed by atoms with Gasteiger partial charge in [-0.1, -0.05) is 23.8 Å². The van der Waals surface area contributed by atoms with Gasteiger partial charge in [0.05, 0.1) is 0 Å². The molecular formula is C9H12O4S. The largest absolute Gasteiger partial charge is 0.302 e. The maximum absolute atomic E-state index is 11.4. The van der Waals surface area contributed by atoms with E-state index in [4.69, 9.17) is 9.11 Å². The van der Waals surface area contributed by atoms with E-state index in [0.717, 1.165) is 5.56 Å². The highest BCUT2D eigenvalue weighted by Crippen LogP contribution is 2.19. The molecule has 0 aromatic heterocycles. The molecule has 1 aromatic carbocycles. The highest BCUT2D eigenvalue weighted by Gasteiger charge is 2.34. The number of carbonyl (C=O) groups excluding carboxylic acids is 1. The summed E-state index contributed by atoms with van der Waals surface area (Å²) in [5.41, 5.74) is 0.821. The van der Waals surface area contributed by atoms with Gasteiger partial charge in [0, 0.05) is 11.8 Å². The molecule has 0 heterocycles. The van der Waals surface area contributed by atoms with Crippen LogP contribution in [-0.2, 0) is 9.63 Å². The average Bonchev–Trinajstić information content (AvgIpc) is 2.00. The number of hydrogen-bond donors (Lipinski definition) is 2. The lowest BCUT2D eigenvalue weighted by atomic mass is 10.2. The molecule has 0 fully saturated rings. The second-order valence-electron chi connectivity index (χ2n) is 3.39. The van der Waals surface area contributed by atoms with E-state index >= 15 is 0 Å². The molecule has 1 rings (SSSR count). The van der Waals surface area contributed by atoms with Gasteiger partial charge in [-0.05, 0) is 13.0 Å². The van der Waals surface area contributed by atoms with Crippen LogP contribution in [0.2, 0.25) is 0 Å². The van der Waals surface area contributed by atoms with E-state index in [1.807, 2.05) is 0 Å². The van der Waals surface area contributed by atoms with Crippen molar-refractivity contribution in [3.05, 3.63) is 35.4 Å². The highest BCUT2D eigenvalue weighted by molar-refractivity contribution is 8.23. The number of rotatable bonds is 1. The second-order valence-corrected chi connectivity index (χ2v) is 6.23. The van der Waals surface area contributed by atoms with E-state index in [1.165, 1.54) is 12.1 Å². The summed E-state index contributed by atoms with van der Waals surface area (Å²) < 4.78 is 29.3. The monoisotopic (exact) mass is 216 g/mol. The predicted octanol–water partition coefficient (Wildman–Crippen LogP) is 1.53. The Morgan fingerprint density at radius 2 is 1.93 bits per heavy atom. The molecule has 78 valence electrons. The summed E-state index contributed by atoms with van der Waals surface area (Å²) in [6.07, 6.45) is 0.627. The molecule has 0 saturated carbocycles. The van der Waals surface area contributed by atoms with E-state index in [9.17, 15) is 9.00 Å². The molecule has 1 aromatic rings. The minimum atomic E-state index is -5.13. The molecule has 0 radical (unpaired) electrons. The normalized spacial score (nSPS) is 14.4. The van der Waals surface area contributed by atoms with Crippen LogP contribution in [0.25, 0.3) is 0 Å². The predicted molar refractivity (Wildman–Crippen MR) is 54.8 cm³/mol. The molecule has 0 spiro atoms. The third kappa shape index (κ3) is 2.47. The van der Waals surface area contributed by atoms with Crippen LogP contribution in [0.15, 0.2) is 24.3 Å². The maximum Gasteiger partial charge on any atom is 0.272 e. The van der Waals surface area contributed by atoms with Crippen molar-refractivity contribution in [2.24, 2.45) is 0 Å². The molecule has 0 atom stereocenters. The second kappa shape index (κ2) is 2.98. The Bertz CT molecular complexity index is 433. The zero-order valence-electron chi connectivity index (χ0n) is 7.93. The zero-order chi connectivity index (χ0) is 11.0. The smallest absolute Gasteiger partial charge is 0.272 e. The summed E-state index contributed by atoms with van der Waals surface area (Å²) in [6, 6.07) is 6.17. The topological polar surface area (TPSA) is 74.6 Å². The van der Waals surface area contributed by atoms with Gasteiger partial charge in [0.15, 0.2) is 0 Å². The lowest BCUT2D eigenvalue weighted by Crippen LogP contribution is -2.38. The van der Waals surface area contributed by atoms with Crippen molar-refractivity contribution in [1.82, 2.24) is 0 Å². The Labute approximate surface area is 82.0 Å². The summed E-state index contributed by atoms with van der Waals surface area (Å²) in [4.78, 5) is 11.4. The number of aryl methyl sites for hydroxylation is 1. The molecule has 0 bridgehead atoms. The van der Waals surface area contributed by atoms with Crippen molar-refractivity contribution in [3.63, 3.8) is 0 Å². The maximum atomic E-state index is 11.4. The Hall–Kier alpha value is -1.04. The van der Waals surface area contributed by atoms with Gasteiger partial charge in [-0.3, -0.25) is 4.79 Å². The first-order valence-electron chi connectivity index (χ1n) is 3.92. The Kier molecular flexibility index (Phi) is 2.35. The highest BCUT2D eigenvalue weighted by atomic mass is 32.3. The van der Waals surface area contributed by atoms with Gasteiger partial charge in [0.2, 0.25) is 0 Å². The zero-order valence-corrected chi connectivity index (χ0v) is 8.75. The number of carbonyl (C=O) groups is 1. The third-order valence-corrected chi connectivity index (χ3v) is 2.77. The van der Waals surface area contributed by atoms with E-state index in [1.54, 1.807) is 19.1 Å². The van der Waals surface area contributed by atoms with Crippen LogP contribution in [0.1, 0.15) is 15.9 Å². The van der Waals surface area contributed by atoms with Crippen LogP contribution in [0.4, 0.5) is 0 Å². The molecule has 0 aliphatic carbocycles. The molecule has 14 heavy (non-hydrogen) atoms. The first-order valence-corrected chi connectivity index (χ1v) is 6.21. The minimum absolute atomic E-state index is 0.0366. The fourth-order valence-electron chi connectivity index (χ4n) is 1.04. The van der Waals surface area contributed by atoms with Crippen molar-refractivity contribution in [2.75, 3.05) is 6.26 Å². The van der Waals surface area contributed by atoms with Crippen LogP contribution < -0.4 is 0 Å². The minimum Gasteiger partial charge on any atom is -0.302 e. The third-order valence-electron chi connectivity index (χ3n) is 1.68. The van der Waals surface area contributed by atoms with Gasteiger partial charge in [0.1, 0.15) is 9.63 Å². The molecule has 0 aliphatic rings. The molecule has 0 amide bonds. The summed E-state index contributed by atoms with van der Waals surface area (Å²) in [5.74, 6) is 0. The van der Waals surface area contributed by atoms with Crippen molar-refractivity contribution >= 4 is 14.7 Å². The van der Waals surface area contributed by atoms with Crippen LogP contribution in [-0.4, -0.2) is 24.7 Å². The van der Waals surface area contributed by atoms with E-state index in [0.29, 0.717) is 6.26 Å². The SMILES string of the molecule is Cc1cccc(C(=O)S(C)(=O)(O)O)c1.